The normalized spacial score (nSPS) is 27.1. The highest BCUT2D eigenvalue weighted by atomic mass is 16.8. The number of nitrogens with two attached hydrogens (primary N) is 1. The molecule has 0 aromatic heterocycles. The lowest BCUT2D eigenvalue weighted by atomic mass is 9.98. The summed E-state index contributed by atoms with van der Waals surface area (Å²) >= 11 is 0. The molecule has 0 aromatic rings. The maximum atomic E-state index is 11.5. The van der Waals surface area contributed by atoms with Gasteiger partial charge in [0.1, 0.15) is 12.2 Å². The minimum Gasteiger partial charge on any atom is -0.463 e. The van der Waals surface area contributed by atoms with Gasteiger partial charge in [-0.3, -0.25) is 0 Å². The number of hydrogen-bond donors (Lipinski definition) is 3. The van der Waals surface area contributed by atoms with Gasteiger partial charge in [-0.15, -0.1) is 0 Å². The second kappa shape index (κ2) is 7.33. The van der Waals surface area contributed by atoms with Crippen LogP contribution in [0.3, 0.4) is 0 Å². The van der Waals surface area contributed by atoms with Gasteiger partial charge in [0.2, 0.25) is 0 Å². The smallest absolute Gasteiger partial charge is 0.333 e. The molecule has 0 saturated carbocycles. The van der Waals surface area contributed by atoms with Crippen molar-refractivity contribution in [1.29, 1.82) is 0 Å². The lowest BCUT2D eigenvalue weighted by Gasteiger charge is -2.25. The van der Waals surface area contributed by atoms with Gasteiger partial charge in [-0.25, -0.2) is 4.79 Å². The van der Waals surface area contributed by atoms with Crippen LogP contribution in [0.15, 0.2) is 12.2 Å². The molecule has 1 fully saturated rings. The molecule has 1 rings (SSSR count). The first-order valence-corrected chi connectivity index (χ1v) is 6.98. The highest BCUT2D eigenvalue weighted by Crippen LogP contribution is 2.33. The number of carbonyl (C=O) groups is 1. The van der Waals surface area contributed by atoms with Crippen LogP contribution in [0.4, 0.5) is 0 Å². The Morgan fingerprint density at radius 3 is 2.33 bits per heavy atom. The molecule has 0 radical (unpaired) electrons. The van der Waals surface area contributed by atoms with E-state index in [2.05, 4.69) is 6.58 Å². The Bertz CT molecular complexity index is 384. The number of hydrogen-bond acceptors (Lipinski definition) is 7. The van der Waals surface area contributed by atoms with Crippen molar-refractivity contribution in [3.05, 3.63) is 12.2 Å². The van der Waals surface area contributed by atoms with Gasteiger partial charge in [-0.05, 0) is 20.8 Å². The molecule has 1 aliphatic heterocycles. The van der Waals surface area contributed by atoms with Crippen molar-refractivity contribution in [2.45, 2.75) is 57.4 Å². The Hall–Kier alpha value is -0.990. The van der Waals surface area contributed by atoms with Crippen molar-refractivity contribution < 1.29 is 29.2 Å². The highest BCUT2D eigenvalue weighted by molar-refractivity contribution is 5.87. The average molecular weight is 303 g/mol. The molecular weight excluding hydrogens is 278 g/mol. The first-order chi connectivity index (χ1) is 9.71. The first-order valence-electron chi connectivity index (χ1n) is 6.98. The van der Waals surface area contributed by atoms with Crippen LogP contribution < -0.4 is 5.73 Å². The molecule has 0 spiro atoms. The van der Waals surface area contributed by atoms with E-state index >= 15 is 0 Å². The van der Waals surface area contributed by atoms with Crippen LogP contribution in [0.25, 0.3) is 0 Å². The van der Waals surface area contributed by atoms with Crippen LogP contribution in [0, 0.1) is 0 Å². The highest BCUT2D eigenvalue weighted by Gasteiger charge is 2.47. The maximum Gasteiger partial charge on any atom is 0.333 e. The van der Waals surface area contributed by atoms with Gasteiger partial charge < -0.3 is 30.2 Å². The van der Waals surface area contributed by atoms with E-state index in [1.165, 1.54) is 0 Å². The fourth-order valence-corrected chi connectivity index (χ4v) is 2.23. The summed E-state index contributed by atoms with van der Waals surface area (Å²) in [5, 5.41) is 20.1. The molecule has 21 heavy (non-hydrogen) atoms. The molecule has 122 valence electrons. The third kappa shape index (κ3) is 4.76. The summed E-state index contributed by atoms with van der Waals surface area (Å²) in [4.78, 5) is 11.5. The number of aliphatic hydroxyl groups excluding tert-OH is 2. The predicted octanol–water partition coefficient (Wildman–Crippen LogP) is -0.304. The van der Waals surface area contributed by atoms with Crippen LogP contribution in [0.2, 0.25) is 0 Å². The topological polar surface area (TPSA) is 111 Å². The fraction of sp³-hybridized carbons (Fsp3) is 0.786. The van der Waals surface area contributed by atoms with E-state index in [0.717, 1.165) is 0 Å². The van der Waals surface area contributed by atoms with Crippen LogP contribution in [-0.2, 0) is 19.0 Å². The number of ether oxygens (including phenoxy) is 3. The minimum absolute atomic E-state index is 0.0217. The summed E-state index contributed by atoms with van der Waals surface area (Å²) < 4.78 is 16.0. The van der Waals surface area contributed by atoms with Crippen molar-refractivity contribution >= 4 is 5.97 Å². The van der Waals surface area contributed by atoms with Crippen LogP contribution >= 0.6 is 0 Å². The van der Waals surface area contributed by atoms with E-state index in [4.69, 9.17) is 19.9 Å². The van der Waals surface area contributed by atoms with Gasteiger partial charge in [0.05, 0.1) is 18.8 Å². The quantitative estimate of drug-likeness (QED) is 0.437. The Kier molecular flexibility index (Phi) is 6.30. The van der Waals surface area contributed by atoms with Gasteiger partial charge in [-0.1, -0.05) is 6.58 Å². The molecule has 0 amide bonds. The zero-order valence-electron chi connectivity index (χ0n) is 12.7. The van der Waals surface area contributed by atoms with Crippen LogP contribution in [-0.4, -0.2) is 59.5 Å². The second-order valence-corrected chi connectivity index (χ2v) is 5.46. The van der Waals surface area contributed by atoms with E-state index in [1.54, 1.807) is 20.8 Å². The van der Waals surface area contributed by atoms with Gasteiger partial charge >= 0.3 is 5.97 Å². The third-order valence-corrected chi connectivity index (χ3v) is 3.18. The second-order valence-electron chi connectivity index (χ2n) is 5.46. The van der Waals surface area contributed by atoms with Crippen molar-refractivity contribution in [2.75, 3.05) is 13.2 Å². The van der Waals surface area contributed by atoms with Crippen molar-refractivity contribution in [2.24, 2.45) is 5.73 Å². The average Bonchev–Trinajstić information content (AvgIpc) is 2.74. The molecule has 0 bridgehead atoms. The van der Waals surface area contributed by atoms with Crippen LogP contribution in [0.1, 0.15) is 27.2 Å². The summed E-state index contributed by atoms with van der Waals surface area (Å²) in [6.45, 7) is 8.85. The summed E-state index contributed by atoms with van der Waals surface area (Å²) in [6.07, 6.45) is -3.63. The van der Waals surface area contributed by atoms with Gasteiger partial charge in [0.25, 0.3) is 0 Å². The minimum atomic E-state index is -1.06. The molecular formula is C14H25NO6. The first kappa shape index (κ1) is 18.1. The predicted molar refractivity (Wildman–Crippen MR) is 75.3 cm³/mol. The zero-order chi connectivity index (χ0) is 16.2. The molecule has 7 heteroatoms. The van der Waals surface area contributed by atoms with Gasteiger partial charge in [-0.2, -0.15) is 0 Å². The van der Waals surface area contributed by atoms with E-state index in [9.17, 15) is 15.0 Å². The van der Waals surface area contributed by atoms with E-state index in [-0.39, 0.29) is 25.1 Å². The summed E-state index contributed by atoms with van der Waals surface area (Å²) in [5.74, 6) is -1.51. The molecule has 4 N–H and O–H groups in total. The SMILES string of the molecule is C=C(CC(O)C1OC(C)(C)O[C@@H]1[C@H](O)CN)C(=O)OCC. The lowest BCUT2D eigenvalue weighted by molar-refractivity contribution is -0.160. The van der Waals surface area contributed by atoms with E-state index in [0.29, 0.717) is 0 Å². The van der Waals surface area contributed by atoms with Gasteiger partial charge in [0.15, 0.2) is 5.79 Å². The third-order valence-electron chi connectivity index (χ3n) is 3.18. The fourth-order valence-electron chi connectivity index (χ4n) is 2.23. The summed E-state index contributed by atoms with van der Waals surface area (Å²) in [6, 6.07) is 0. The maximum absolute atomic E-state index is 11.5. The van der Waals surface area contributed by atoms with Gasteiger partial charge in [0, 0.05) is 18.5 Å². The Morgan fingerprint density at radius 1 is 1.33 bits per heavy atom. The molecule has 0 aliphatic carbocycles. The van der Waals surface area contributed by atoms with Crippen molar-refractivity contribution in [3.8, 4) is 0 Å². The van der Waals surface area contributed by atoms with E-state index < -0.39 is 36.2 Å². The molecule has 1 saturated heterocycles. The summed E-state index contributed by atoms with van der Waals surface area (Å²) in [7, 11) is 0. The standard InChI is InChI=1S/C14H25NO6/c1-5-19-13(18)8(2)6-9(16)11-12(10(17)7-15)21-14(3,4)20-11/h9-12,16-17H,2,5-7,15H2,1,3-4H3/t9?,10-,11?,12-/m1/s1. The summed E-state index contributed by atoms with van der Waals surface area (Å²) in [5.41, 5.74) is 5.57. The molecule has 1 aliphatic rings. The number of esters is 1. The molecule has 2 unspecified atom stereocenters. The molecule has 7 nitrogen and oxygen atoms in total. The number of rotatable bonds is 7. The molecule has 4 atom stereocenters. The number of aliphatic hydroxyl groups is 2. The monoisotopic (exact) mass is 303 g/mol. The lowest BCUT2D eigenvalue weighted by Crippen LogP contribution is -2.45. The Morgan fingerprint density at radius 2 is 1.86 bits per heavy atom. The Balaban J connectivity index is 2.72. The molecule has 0 aromatic carbocycles. The largest absolute Gasteiger partial charge is 0.463 e. The zero-order valence-corrected chi connectivity index (χ0v) is 12.7. The van der Waals surface area contributed by atoms with Crippen molar-refractivity contribution in [1.82, 2.24) is 0 Å². The van der Waals surface area contributed by atoms with Crippen LogP contribution in [0.5, 0.6) is 0 Å². The molecule has 1 heterocycles. The van der Waals surface area contributed by atoms with Crippen molar-refractivity contribution in [3.63, 3.8) is 0 Å². The number of carbonyl (C=O) groups excluding carboxylic acids is 1. The Labute approximate surface area is 124 Å². The van der Waals surface area contributed by atoms with E-state index in [1.807, 2.05) is 0 Å².